The number of nitrogens with one attached hydrogen (secondary N) is 1. The summed E-state index contributed by atoms with van der Waals surface area (Å²) in [6, 6.07) is 8.25. The molecule has 0 radical (unpaired) electrons. The van der Waals surface area contributed by atoms with Crippen LogP contribution in [-0.4, -0.2) is 19.8 Å². The summed E-state index contributed by atoms with van der Waals surface area (Å²) in [5, 5.41) is 4.48. The van der Waals surface area contributed by atoms with Gasteiger partial charge in [-0.25, -0.2) is 0 Å². The Kier molecular flexibility index (Phi) is 9.55. The maximum Gasteiger partial charge on any atom is 0.0638 e. The van der Waals surface area contributed by atoms with E-state index >= 15 is 0 Å². The lowest BCUT2D eigenvalue weighted by molar-refractivity contribution is 0.158. The average Bonchev–Trinajstić information content (AvgIpc) is 2.30. The summed E-state index contributed by atoms with van der Waals surface area (Å²) < 4.78 is 5.21. The lowest BCUT2D eigenvalue weighted by atomic mass is 10.3. The van der Waals surface area contributed by atoms with Crippen molar-refractivity contribution >= 4 is 20.2 Å². The molecule has 0 heterocycles. The molecule has 15 heavy (non-hydrogen) atoms. The van der Waals surface area contributed by atoms with Crippen LogP contribution < -0.4 is 10.6 Å². The SMILES string of the molecule is CC.CCOCCNc1ccc(P)cc1. The van der Waals surface area contributed by atoms with Gasteiger partial charge < -0.3 is 10.1 Å². The second-order valence-electron chi connectivity index (χ2n) is 2.75. The lowest BCUT2D eigenvalue weighted by Gasteiger charge is -2.06. The van der Waals surface area contributed by atoms with Gasteiger partial charge in [-0.05, 0) is 24.4 Å². The fraction of sp³-hybridized carbons (Fsp3) is 0.500. The minimum atomic E-state index is 0.763. The first-order valence-corrected chi connectivity index (χ1v) is 6.08. The van der Waals surface area contributed by atoms with Crippen LogP contribution in [0.1, 0.15) is 20.8 Å². The quantitative estimate of drug-likeness (QED) is 0.617. The van der Waals surface area contributed by atoms with Gasteiger partial charge in [0.15, 0.2) is 0 Å². The largest absolute Gasteiger partial charge is 0.383 e. The maximum atomic E-state index is 5.21. The standard InChI is InChI=1S/C10H16NOP.C2H6/c1-2-12-8-7-11-9-3-5-10(13)6-4-9;1-2/h3-6,11H,2,7-8,13H2,1H3;1-2H3. The molecule has 0 fully saturated rings. The second-order valence-corrected chi connectivity index (χ2v) is 3.41. The number of ether oxygens (including phenoxy) is 1. The molecule has 1 rings (SSSR count). The van der Waals surface area contributed by atoms with Crippen LogP contribution in [0.25, 0.3) is 0 Å². The zero-order chi connectivity index (χ0) is 11.5. The summed E-state index contributed by atoms with van der Waals surface area (Å²) in [6.45, 7) is 8.42. The van der Waals surface area contributed by atoms with E-state index in [1.165, 1.54) is 5.30 Å². The molecule has 86 valence electrons. The highest BCUT2D eigenvalue weighted by Gasteiger charge is 1.90. The van der Waals surface area contributed by atoms with Crippen molar-refractivity contribution in [3.8, 4) is 0 Å². The van der Waals surface area contributed by atoms with Gasteiger partial charge in [-0.2, -0.15) is 0 Å². The Bertz CT molecular complexity index is 236. The highest BCUT2D eigenvalue weighted by atomic mass is 31.0. The minimum Gasteiger partial charge on any atom is -0.383 e. The topological polar surface area (TPSA) is 21.3 Å². The molecule has 0 bridgehead atoms. The van der Waals surface area contributed by atoms with E-state index in [-0.39, 0.29) is 0 Å². The maximum absolute atomic E-state index is 5.21. The van der Waals surface area contributed by atoms with Gasteiger partial charge in [0.2, 0.25) is 0 Å². The molecule has 3 heteroatoms. The van der Waals surface area contributed by atoms with Gasteiger partial charge in [0.25, 0.3) is 0 Å². The molecule has 0 saturated heterocycles. The molecule has 1 unspecified atom stereocenters. The van der Waals surface area contributed by atoms with Crippen LogP contribution in [0.15, 0.2) is 24.3 Å². The van der Waals surface area contributed by atoms with Crippen molar-refractivity contribution in [2.75, 3.05) is 25.1 Å². The Hall–Kier alpha value is -0.590. The van der Waals surface area contributed by atoms with Crippen LogP contribution in [0.3, 0.4) is 0 Å². The Labute approximate surface area is 95.6 Å². The molecule has 1 aromatic carbocycles. The number of anilines is 1. The minimum absolute atomic E-state index is 0.763. The summed E-state index contributed by atoms with van der Waals surface area (Å²) in [7, 11) is 2.66. The Morgan fingerprint density at radius 1 is 1.20 bits per heavy atom. The smallest absolute Gasteiger partial charge is 0.0638 e. The third-order valence-electron chi connectivity index (χ3n) is 1.69. The van der Waals surface area contributed by atoms with Crippen molar-refractivity contribution in [1.82, 2.24) is 0 Å². The summed E-state index contributed by atoms with van der Waals surface area (Å²) in [4.78, 5) is 0. The first kappa shape index (κ1) is 14.4. The van der Waals surface area contributed by atoms with Crippen molar-refractivity contribution < 1.29 is 4.74 Å². The third kappa shape index (κ3) is 7.35. The van der Waals surface area contributed by atoms with E-state index in [0.29, 0.717) is 0 Å². The first-order chi connectivity index (χ1) is 7.33. The molecule has 1 N–H and O–H groups in total. The predicted molar refractivity (Wildman–Crippen MR) is 72.1 cm³/mol. The average molecular weight is 227 g/mol. The van der Waals surface area contributed by atoms with E-state index in [1.54, 1.807) is 0 Å². The molecule has 0 amide bonds. The normalized spacial score (nSPS) is 9.07. The summed E-state index contributed by atoms with van der Waals surface area (Å²) in [6.07, 6.45) is 0. The van der Waals surface area contributed by atoms with Gasteiger partial charge in [0.1, 0.15) is 0 Å². The van der Waals surface area contributed by atoms with Crippen LogP contribution in [-0.2, 0) is 4.74 Å². The zero-order valence-corrected chi connectivity index (χ0v) is 11.1. The lowest BCUT2D eigenvalue weighted by Crippen LogP contribution is -2.09. The highest BCUT2D eigenvalue weighted by Crippen LogP contribution is 2.04. The monoisotopic (exact) mass is 227 g/mol. The number of rotatable bonds is 5. The summed E-state index contributed by atoms with van der Waals surface area (Å²) in [5.74, 6) is 0. The van der Waals surface area contributed by atoms with Crippen molar-refractivity contribution in [2.24, 2.45) is 0 Å². The molecule has 0 aliphatic carbocycles. The first-order valence-electron chi connectivity index (χ1n) is 5.50. The molecule has 0 spiro atoms. The van der Waals surface area contributed by atoms with Gasteiger partial charge in [-0.1, -0.05) is 26.0 Å². The van der Waals surface area contributed by atoms with E-state index in [4.69, 9.17) is 4.74 Å². The third-order valence-corrected chi connectivity index (χ3v) is 2.08. The number of benzene rings is 1. The number of hydrogen-bond acceptors (Lipinski definition) is 2. The van der Waals surface area contributed by atoms with E-state index in [9.17, 15) is 0 Å². The molecule has 0 aliphatic rings. The molecular weight excluding hydrogens is 205 g/mol. The zero-order valence-electron chi connectivity index (χ0n) is 9.92. The summed E-state index contributed by atoms with van der Waals surface area (Å²) >= 11 is 0. The van der Waals surface area contributed by atoms with Crippen molar-refractivity contribution in [3.63, 3.8) is 0 Å². The van der Waals surface area contributed by atoms with E-state index in [2.05, 4.69) is 38.8 Å². The molecular formula is C12H22NOP. The molecule has 1 atom stereocenters. The van der Waals surface area contributed by atoms with Crippen LogP contribution >= 0.6 is 9.24 Å². The van der Waals surface area contributed by atoms with Crippen molar-refractivity contribution in [3.05, 3.63) is 24.3 Å². The molecule has 0 aliphatic heterocycles. The molecule has 1 aromatic rings. The van der Waals surface area contributed by atoms with Crippen LogP contribution in [0.4, 0.5) is 5.69 Å². The van der Waals surface area contributed by atoms with E-state index in [1.807, 2.05) is 20.8 Å². The van der Waals surface area contributed by atoms with Gasteiger partial charge in [-0.3, -0.25) is 0 Å². The fourth-order valence-electron chi connectivity index (χ4n) is 1.01. The predicted octanol–water partition coefficient (Wildman–Crippen LogP) is 2.66. The Balaban J connectivity index is 0.000000921. The van der Waals surface area contributed by atoms with Gasteiger partial charge in [0, 0.05) is 18.8 Å². The Morgan fingerprint density at radius 2 is 1.80 bits per heavy atom. The second kappa shape index (κ2) is 9.95. The van der Waals surface area contributed by atoms with Gasteiger partial charge in [-0.15, -0.1) is 9.24 Å². The fourth-order valence-corrected chi connectivity index (χ4v) is 1.21. The summed E-state index contributed by atoms with van der Waals surface area (Å²) in [5.41, 5.74) is 1.14. The van der Waals surface area contributed by atoms with Crippen molar-refractivity contribution in [2.45, 2.75) is 20.8 Å². The van der Waals surface area contributed by atoms with E-state index < -0.39 is 0 Å². The highest BCUT2D eigenvalue weighted by molar-refractivity contribution is 7.27. The van der Waals surface area contributed by atoms with Gasteiger partial charge >= 0.3 is 0 Å². The van der Waals surface area contributed by atoms with Crippen LogP contribution in [0.5, 0.6) is 0 Å². The molecule has 0 aromatic heterocycles. The molecule has 0 saturated carbocycles. The van der Waals surface area contributed by atoms with Crippen LogP contribution in [0.2, 0.25) is 0 Å². The van der Waals surface area contributed by atoms with Crippen LogP contribution in [0, 0.1) is 0 Å². The Morgan fingerprint density at radius 3 is 2.33 bits per heavy atom. The molecule has 2 nitrogen and oxygen atoms in total. The van der Waals surface area contributed by atoms with Gasteiger partial charge in [0.05, 0.1) is 6.61 Å². The van der Waals surface area contributed by atoms with E-state index in [0.717, 1.165) is 25.4 Å². The number of hydrogen-bond donors (Lipinski definition) is 1. The van der Waals surface area contributed by atoms with Crippen molar-refractivity contribution in [1.29, 1.82) is 0 Å².